The minimum atomic E-state index is -1.16. The van der Waals surface area contributed by atoms with Crippen molar-refractivity contribution in [1.82, 2.24) is 0 Å². The molecule has 0 atom stereocenters. The van der Waals surface area contributed by atoms with Crippen molar-refractivity contribution >= 4 is 11.6 Å². The first kappa shape index (κ1) is 4.50. The molecule has 0 spiro atoms. The number of ketones is 2. The second-order valence-electron chi connectivity index (χ2n) is 1.37. The van der Waals surface area contributed by atoms with Crippen LogP contribution >= 0.6 is 0 Å². The molecule has 0 aliphatic carbocycles. The Morgan fingerprint density at radius 2 is 1.71 bits per heavy atom. The average molecular weight is 101 g/mol. The Bertz CT molecular complexity index is 106. The summed E-state index contributed by atoms with van der Waals surface area (Å²) in [6.45, 7) is 2.47. The Hall–Kier alpha value is -0.660. The molecule has 0 saturated heterocycles. The number of rotatable bonds is 2. The van der Waals surface area contributed by atoms with E-state index in [0.717, 1.165) is 0 Å². The van der Waals surface area contributed by atoms with Gasteiger partial charge in [-0.25, -0.2) is 0 Å². The molecule has 0 aromatic carbocycles. The van der Waals surface area contributed by atoms with Crippen molar-refractivity contribution in [2.45, 2.75) is 20.2 Å². The monoisotopic (exact) mass is 101 g/mol. The zero-order chi connectivity index (χ0) is 6.73. The van der Waals surface area contributed by atoms with E-state index in [2.05, 4.69) is 0 Å². The molecule has 0 rings (SSSR count). The summed E-state index contributed by atoms with van der Waals surface area (Å²) in [4.78, 5) is 20.4. The predicted molar refractivity (Wildman–Crippen MR) is 26.0 cm³/mol. The van der Waals surface area contributed by atoms with Crippen molar-refractivity contribution in [1.29, 1.82) is 0 Å². The minimum Gasteiger partial charge on any atom is -0.300 e. The molecular weight excluding hydrogens is 92.1 g/mol. The summed E-state index contributed by atoms with van der Waals surface area (Å²) in [6.07, 6.45) is -1.16. The molecule has 0 aromatic heterocycles. The largest absolute Gasteiger partial charge is 0.300 e. The molecule has 0 bridgehead atoms. The van der Waals surface area contributed by atoms with Crippen LogP contribution in [0.3, 0.4) is 0 Å². The topological polar surface area (TPSA) is 34.1 Å². The smallest absolute Gasteiger partial charge is 0.137 e. The third kappa shape index (κ3) is 5.34. The average Bonchev–Trinajstić information content (AvgIpc) is 1.64. The van der Waals surface area contributed by atoms with Crippen molar-refractivity contribution < 1.29 is 11.0 Å². The number of carbonyl (C=O) groups excluding carboxylic acids is 2. The Balaban J connectivity index is 3.83. The summed E-state index contributed by atoms with van der Waals surface area (Å²) >= 11 is 0. The Kier molecular flexibility index (Phi) is 1.61. The molecule has 7 heavy (non-hydrogen) atoms. The lowest BCUT2D eigenvalue weighted by atomic mass is 10.2. The molecule has 0 saturated carbocycles. The SMILES string of the molecule is [2H]C(C(C)=O)C(C)=O. The van der Waals surface area contributed by atoms with Crippen molar-refractivity contribution in [3.63, 3.8) is 0 Å². The highest BCUT2D eigenvalue weighted by molar-refractivity contribution is 5.96. The highest BCUT2D eigenvalue weighted by Gasteiger charge is 1.94. The van der Waals surface area contributed by atoms with Crippen LogP contribution in [-0.2, 0) is 9.59 Å². The van der Waals surface area contributed by atoms with E-state index in [1.54, 1.807) is 0 Å². The van der Waals surface area contributed by atoms with Gasteiger partial charge in [0.2, 0.25) is 0 Å². The van der Waals surface area contributed by atoms with E-state index in [4.69, 9.17) is 1.37 Å². The van der Waals surface area contributed by atoms with Gasteiger partial charge in [-0.05, 0) is 13.8 Å². The lowest BCUT2D eigenvalue weighted by Crippen LogP contribution is -1.97. The van der Waals surface area contributed by atoms with Crippen LogP contribution in [0.5, 0.6) is 0 Å². The molecule has 0 radical (unpaired) electrons. The zero-order valence-corrected chi connectivity index (χ0v) is 4.39. The second kappa shape index (κ2) is 2.50. The van der Waals surface area contributed by atoms with Crippen LogP contribution in [0.2, 0.25) is 0 Å². The highest BCUT2D eigenvalue weighted by Crippen LogP contribution is 1.80. The Morgan fingerprint density at radius 1 is 1.43 bits per heavy atom. The van der Waals surface area contributed by atoms with Crippen LogP contribution < -0.4 is 0 Å². The van der Waals surface area contributed by atoms with Gasteiger partial charge in [-0.2, -0.15) is 0 Å². The molecule has 0 fully saturated rings. The minimum absolute atomic E-state index is 0.391. The molecule has 2 heteroatoms. The summed E-state index contributed by atoms with van der Waals surface area (Å²) in [5, 5.41) is 0. The van der Waals surface area contributed by atoms with Gasteiger partial charge >= 0.3 is 0 Å². The predicted octanol–water partition coefficient (Wildman–Crippen LogP) is 0.554. The maximum absolute atomic E-state index is 10.2. The lowest BCUT2D eigenvalue weighted by molar-refractivity contribution is -0.124. The number of hydrogen-bond donors (Lipinski definition) is 0. The van der Waals surface area contributed by atoms with Gasteiger partial charge in [0.1, 0.15) is 11.6 Å². The van der Waals surface area contributed by atoms with Gasteiger partial charge in [0.25, 0.3) is 0 Å². The fourth-order valence-corrected chi connectivity index (χ4v) is 0.286. The van der Waals surface area contributed by atoms with Gasteiger partial charge in [-0.1, -0.05) is 0 Å². The van der Waals surface area contributed by atoms with Crippen molar-refractivity contribution in [3.8, 4) is 0 Å². The van der Waals surface area contributed by atoms with Gasteiger partial charge in [-0.3, -0.25) is 9.59 Å². The molecule has 0 aromatic rings. The quantitative estimate of drug-likeness (QED) is 0.476. The van der Waals surface area contributed by atoms with Crippen LogP contribution in [0, 0.1) is 0 Å². The van der Waals surface area contributed by atoms with E-state index in [-0.39, 0.29) is 0 Å². The third-order valence-corrected chi connectivity index (χ3v) is 0.407. The summed E-state index contributed by atoms with van der Waals surface area (Å²) in [5.41, 5.74) is 0. The molecule has 0 aliphatic heterocycles. The van der Waals surface area contributed by atoms with Gasteiger partial charge in [-0.15, -0.1) is 0 Å². The van der Waals surface area contributed by atoms with E-state index in [1.807, 2.05) is 0 Å². The molecule has 40 valence electrons. The van der Waals surface area contributed by atoms with Crippen LogP contribution in [0.4, 0.5) is 0 Å². The Labute approximate surface area is 43.9 Å². The van der Waals surface area contributed by atoms with Crippen LogP contribution in [0.1, 0.15) is 21.6 Å². The standard InChI is InChI=1S/C5H8O2/c1-4(6)3-5(2)7/h3H2,1-2H3/i3D. The van der Waals surface area contributed by atoms with E-state index in [0.29, 0.717) is 0 Å². The molecular formula is C5H8O2. The van der Waals surface area contributed by atoms with E-state index < -0.39 is 18.0 Å². The first-order valence-electron chi connectivity index (χ1n) is 2.56. The molecule has 0 unspecified atom stereocenters. The van der Waals surface area contributed by atoms with Gasteiger partial charge in [0.05, 0.1) is 6.40 Å². The van der Waals surface area contributed by atoms with Gasteiger partial charge in [0.15, 0.2) is 0 Å². The van der Waals surface area contributed by atoms with Crippen molar-refractivity contribution in [2.24, 2.45) is 0 Å². The fraction of sp³-hybridized carbons (Fsp3) is 0.600. The summed E-state index contributed by atoms with van der Waals surface area (Å²) in [7, 11) is 0. The first-order valence-corrected chi connectivity index (χ1v) is 1.99. The molecule has 0 N–H and O–H groups in total. The summed E-state index contributed by atoms with van der Waals surface area (Å²) in [5.74, 6) is -0.782. The molecule has 2 nitrogen and oxygen atoms in total. The van der Waals surface area contributed by atoms with E-state index >= 15 is 0 Å². The second-order valence-corrected chi connectivity index (χ2v) is 1.37. The van der Waals surface area contributed by atoms with Crippen LogP contribution in [0.25, 0.3) is 0 Å². The summed E-state index contributed by atoms with van der Waals surface area (Å²) in [6, 6.07) is 0. The molecule has 0 amide bonds. The Morgan fingerprint density at radius 3 is 1.71 bits per heavy atom. The van der Waals surface area contributed by atoms with E-state index in [1.165, 1.54) is 13.8 Å². The number of carbonyl (C=O) groups is 2. The van der Waals surface area contributed by atoms with Crippen molar-refractivity contribution in [3.05, 3.63) is 0 Å². The van der Waals surface area contributed by atoms with Crippen molar-refractivity contribution in [2.75, 3.05) is 0 Å². The normalized spacial score (nSPS) is 11.0. The van der Waals surface area contributed by atoms with Crippen LogP contribution in [0.15, 0.2) is 0 Å². The van der Waals surface area contributed by atoms with Gasteiger partial charge in [0, 0.05) is 1.37 Å². The number of Topliss-reactive ketones (excluding diaryl/α,β-unsaturated/α-hetero) is 2. The fourth-order valence-electron chi connectivity index (χ4n) is 0.286. The summed E-state index contributed by atoms with van der Waals surface area (Å²) < 4.78 is 6.78. The zero-order valence-electron chi connectivity index (χ0n) is 5.39. The number of hydrogen-bond acceptors (Lipinski definition) is 2. The van der Waals surface area contributed by atoms with Crippen LogP contribution in [-0.4, -0.2) is 11.6 Å². The maximum atomic E-state index is 10.2. The highest BCUT2D eigenvalue weighted by atomic mass is 16.1. The molecule has 0 aliphatic rings. The first-order chi connectivity index (χ1) is 3.55. The maximum Gasteiger partial charge on any atom is 0.137 e. The van der Waals surface area contributed by atoms with Gasteiger partial charge < -0.3 is 0 Å². The molecule has 0 heterocycles. The lowest BCUT2D eigenvalue weighted by Gasteiger charge is -1.81. The van der Waals surface area contributed by atoms with E-state index in [9.17, 15) is 9.59 Å². The third-order valence-electron chi connectivity index (χ3n) is 0.407.